The topological polar surface area (TPSA) is 81.5 Å². The summed E-state index contributed by atoms with van der Waals surface area (Å²) in [4.78, 5) is 21.5. The minimum atomic E-state index is -4.75. The molecule has 1 aliphatic rings. The van der Waals surface area contributed by atoms with Crippen molar-refractivity contribution < 1.29 is 27.6 Å². The molecule has 0 aliphatic heterocycles. The van der Waals surface area contributed by atoms with Crippen molar-refractivity contribution in [3.63, 3.8) is 0 Å². The Kier molecular flexibility index (Phi) is 4.01. The Morgan fingerprint density at radius 2 is 2.00 bits per heavy atom. The number of carbonyl (C=O) groups excluding carboxylic acids is 1. The van der Waals surface area contributed by atoms with E-state index in [1.54, 1.807) is 0 Å². The van der Waals surface area contributed by atoms with Crippen LogP contribution in [0.2, 0.25) is 0 Å². The number of alkyl halides is 3. The number of nitro groups is 1. The molecule has 1 saturated carbocycles. The van der Waals surface area contributed by atoms with Crippen molar-refractivity contribution in [2.45, 2.75) is 25.4 Å². The molecular weight excluding hydrogens is 293 g/mol. The number of halogens is 3. The number of amides is 1. The fraction of sp³-hybridized carbons (Fsp3) is 0.417. The van der Waals surface area contributed by atoms with Gasteiger partial charge in [-0.15, -0.1) is 13.2 Å². The van der Waals surface area contributed by atoms with E-state index < -0.39 is 29.2 Å². The summed E-state index contributed by atoms with van der Waals surface area (Å²) in [6.45, 7) is 0.0894. The first-order valence-corrected chi connectivity index (χ1v) is 6.02. The van der Waals surface area contributed by atoms with Crippen LogP contribution in [0.15, 0.2) is 24.3 Å². The molecular formula is C12H11F3N2O4. The van der Waals surface area contributed by atoms with Gasteiger partial charge in [0.1, 0.15) is 11.7 Å². The predicted octanol–water partition coefficient (Wildman–Crippen LogP) is 1.87. The molecule has 1 aromatic rings. The number of hydrogen-bond donors (Lipinski definition) is 1. The van der Waals surface area contributed by atoms with Crippen LogP contribution in [0.25, 0.3) is 0 Å². The average Bonchev–Trinajstić information content (AvgIpc) is 3.16. The maximum absolute atomic E-state index is 12.0. The summed E-state index contributed by atoms with van der Waals surface area (Å²) >= 11 is 0. The molecule has 0 saturated heterocycles. The van der Waals surface area contributed by atoms with E-state index in [1.807, 2.05) is 0 Å². The van der Waals surface area contributed by atoms with Crippen LogP contribution in [0.1, 0.15) is 12.0 Å². The smallest absolute Gasteiger partial charge is 0.406 e. The largest absolute Gasteiger partial charge is 0.573 e. The Morgan fingerprint density at radius 3 is 2.48 bits per heavy atom. The molecule has 0 bridgehead atoms. The lowest BCUT2D eigenvalue weighted by atomic mass is 10.2. The van der Waals surface area contributed by atoms with Gasteiger partial charge in [-0.05, 0) is 17.7 Å². The van der Waals surface area contributed by atoms with Gasteiger partial charge in [-0.3, -0.25) is 14.9 Å². The summed E-state index contributed by atoms with van der Waals surface area (Å²) in [6, 6.07) is 4.18. The SMILES string of the molecule is O=C(NCc1ccc(OC(F)(F)F)cc1)[C@H]1C[C@@H]1[N+](=O)[O-]. The Balaban J connectivity index is 1.82. The highest BCUT2D eigenvalue weighted by molar-refractivity contribution is 5.81. The van der Waals surface area contributed by atoms with Gasteiger partial charge in [0, 0.05) is 17.9 Å². The van der Waals surface area contributed by atoms with Crippen LogP contribution in [0, 0.1) is 16.0 Å². The maximum atomic E-state index is 12.0. The van der Waals surface area contributed by atoms with Crippen LogP contribution in [-0.2, 0) is 11.3 Å². The zero-order valence-corrected chi connectivity index (χ0v) is 10.6. The Hall–Kier alpha value is -2.32. The molecule has 21 heavy (non-hydrogen) atoms. The second-order valence-electron chi connectivity index (χ2n) is 4.60. The van der Waals surface area contributed by atoms with Crippen LogP contribution < -0.4 is 10.1 Å². The Labute approximate surface area is 117 Å². The highest BCUT2D eigenvalue weighted by atomic mass is 19.4. The molecule has 2 rings (SSSR count). The van der Waals surface area contributed by atoms with Gasteiger partial charge in [-0.1, -0.05) is 12.1 Å². The van der Waals surface area contributed by atoms with Crippen molar-refractivity contribution in [3.05, 3.63) is 39.9 Å². The van der Waals surface area contributed by atoms with E-state index in [9.17, 15) is 28.1 Å². The third-order valence-corrected chi connectivity index (χ3v) is 2.99. The molecule has 0 aromatic heterocycles. The average molecular weight is 304 g/mol. The van der Waals surface area contributed by atoms with Crippen LogP contribution in [0.3, 0.4) is 0 Å². The first-order valence-electron chi connectivity index (χ1n) is 6.02. The van der Waals surface area contributed by atoms with Crippen LogP contribution in [-0.4, -0.2) is 23.2 Å². The van der Waals surface area contributed by atoms with Crippen molar-refractivity contribution in [1.82, 2.24) is 5.32 Å². The molecule has 1 aromatic carbocycles. The molecule has 2 atom stereocenters. The lowest BCUT2D eigenvalue weighted by Gasteiger charge is -2.09. The number of nitrogens with one attached hydrogen (secondary N) is 1. The van der Waals surface area contributed by atoms with Gasteiger partial charge in [-0.2, -0.15) is 0 Å². The van der Waals surface area contributed by atoms with E-state index >= 15 is 0 Å². The van der Waals surface area contributed by atoms with Crippen LogP contribution in [0.5, 0.6) is 5.75 Å². The summed E-state index contributed by atoms with van der Waals surface area (Å²) in [7, 11) is 0. The first kappa shape index (κ1) is 15.1. The minimum absolute atomic E-state index is 0.0894. The quantitative estimate of drug-likeness (QED) is 0.665. The van der Waals surface area contributed by atoms with Gasteiger partial charge < -0.3 is 10.1 Å². The number of carbonyl (C=O) groups is 1. The number of benzene rings is 1. The van der Waals surface area contributed by atoms with Crippen molar-refractivity contribution in [1.29, 1.82) is 0 Å². The van der Waals surface area contributed by atoms with Crippen molar-refractivity contribution in [2.24, 2.45) is 5.92 Å². The lowest BCUT2D eigenvalue weighted by Crippen LogP contribution is -2.26. The molecule has 0 spiro atoms. The molecule has 114 valence electrons. The first-order chi connectivity index (χ1) is 9.76. The molecule has 0 heterocycles. The summed E-state index contributed by atoms with van der Waals surface area (Å²) in [6.07, 6.45) is -4.53. The van der Waals surface area contributed by atoms with Crippen molar-refractivity contribution in [2.75, 3.05) is 0 Å². The fourth-order valence-electron chi connectivity index (χ4n) is 1.83. The second-order valence-corrected chi connectivity index (χ2v) is 4.60. The Bertz CT molecular complexity index is 544. The van der Waals surface area contributed by atoms with E-state index in [0.717, 1.165) is 12.1 Å². The molecule has 9 heteroatoms. The van der Waals surface area contributed by atoms with E-state index in [-0.39, 0.29) is 18.7 Å². The lowest BCUT2D eigenvalue weighted by molar-refractivity contribution is -0.497. The normalized spacial score (nSPS) is 20.7. The molecule has 6 nitrogen and oxygen atoms in total. The monoisotopic (exact) mass is 304 g/mol. The van der Waals surface area contributed by atoms with Gasteiger partial charge in [0.15, 0.2) is 0 Å². The number of nitrogens with zero attached hydrogens (tertiary/aromatic N) is 1. The molecule has 1 fully saturated rings. The molecule has 0 unspecified atom stereocenters. The zero-order valence-electron chi connectivity index (χ0n) is 10.6. The van der Waals surface area contributed by atoms with Gasteiger partial charge in [0.05, 0.1) is 0 Å². The standard InChI is InChI=1S/C12H11F3N2O4/c13-12(14,15)21-8-3-1-7(2-4-8)6-16-11(18)9-5-10(9)17(19)20/h1-4,9-10H,5-6H2,(H,16,18)/t9-,10-/m0/s1. The van der Waals surface area contributed by atoms with Crippen molar-refractivity contribution in [3.8, 4) is 5.75 Å². The van der Waals surface area contributed by atoms with Crippen LogP contribution in [0.4, 0.5) is 13.2 Å². The molecule has 1 amide bonds. The minimum Gasteiger partial charge on any atom is -0.406 e. The van der Waals surface area contributed by atoms with E-state index in [4.69, 9.17) is 0 Å². The summed E-state index contributed by atoms with van der Waals surface area (Å²) in [5.41, 5.74) is 0.566. The van der Waals surface area contributed by atoms with E-state index in [0.29, 0.717) is 5.56 Å². The maximum Gasteiger partial charge on any atom is 0.573 e. The van der Waals surface area contributed by atoms with Crippen LogP contribution >= 0.6 is 0 Å². The molecule has 0 radical (unpaired) electrons. The highest BCUT2D eigenvalue weighted by Crippen LogP contribution is 2.33. The number of hydrogen-bond acceptors (Lipinski definition) is 4. The van der Waals surface area contributed by atoms with E-state index in [2.05, 4.69) is 10.1 Å². The van der Waals surface area contributed by atoms with Gasteiger partial charge in [0.2, 0.25) is 11.9 Å². The third kappa shape index (κ3) is 4.33. The highest BCUT2D eigenvalue weighted by Gasteiger charge is 2.53. The van der Waals surface area contributed by atoms with Crippen molar-refractivity contribution >= 4 is 5.91 Å². The summed E-state index contributed by atoms with van der Waals surface area (Å²) in [5.74, 6) is -1.40. The predicted molar refractivity (Wildman–Crippen MR) is 63.9 cm³/mol. The van der Waals surface area contributed by atoms with Gasteiger partial charge >= 0.3 is 6.36 Å². The van der Waals surface area contributed by atoms with Gasteiger partial charge in [0.25, 0.3) is 0 Å². The molecule has 1 aliphatic carbocycles. The zero-order chi connectivity index (χ0) is 15.6. The summed E-state index contributed by atoms with van der Waals surface area (Å²) < 4.78 is 39.6. The van der Waals surface area contributed by atoms with Gasteiger partial charge in [-0.25, -0.2) is 0 Å². The Morgan fingerprint density at radius 1 is 1.38 bits per heavy atom. The number of rotatable bonds is 5. The molecule has 1 N–H and O–H groups in total. The number of ether oxygens (including phenoxy) is 1. The summed E-state index contributed by atoms with van der Waals surface area (Å²) in [5, 5.41) is 12.9. The third-order valence-electron chi connectivity index (χ3n) is 2.99. The van der Waals surface area contributed by atoms with E-state index in [1.165, 1.54) is 12.1 Å². The fourth-order valence-corrected chi connectivity index (χ4v) is 1.83. The second kappa shape index (κ2) is 5.58.